The largest absolute Gasteiger partial charge is 0.458 e. The molecule has 0 radical (unpaired) electrons. The van der Waals surface area contributed by atoms with Crippen LogP contribution in [0.4, 0.5) is 0 Å². The molecule has 0 unspecified atom stereocenters. The van der Waals surface area contributed by atoms with Crippen LogP contribution >= 0.6 is 0 Å². The van der Waals surface area contributed by atoms with Crippen molar-refractivity contribution in [1.29, 1.82) is 0 Å². The molecule has 0 saturated carbocycles. The number of nitrogens with zero attached hydrogens (tertiary/aromatic N) is 2. The first-order valence-electron chi connectivity index (χ1n) is 11.2. The number of carbonyl (C=O) groups is 1. The average molecular weight is 449 g/mol. The molecule has 32 heavy (non-hydrogen) atoms. The third-order valence-electron chi connectivity index (χ3n) is 6.84. The molecule has 3 aromatic rings. The standard InChI is InChI=1S/C25H28N2O4Si/c1-5-25(30)19-12-21-22-17(13-27(21)23(28)18(19)14-31-24(25)29)15(10-11-32(2,3)4)16-8-6-7-9-20(16)26-22/h6-9,12,30H,5,10-11,13-14H2,1-4H3/q-1/t25-/m0/s1. The minimum Gasteiger partial charge on any atom is -0.458 e. The number of fused-ring (bicyclic) bond motifs is 5. The number of aromatic nitrogens is 2. The number of esters is 1. The molecule has 0 fully saturated rings. The second-order valence-corrected chi connectivity index (χ2v) is 15.7. The normalized spacial score (nSPS) is 19.5. The molecule has 6 nitrogen and oxygen atoms in total. The van der Waals surface area contributed by atoms with Gasteiger partial charge in [0.2, 0.25) is 0 Å². The third-order valence-corrected chi connectivity index (χ3v) is 8.59. The van der Waals surface area contributed by atoms with Gasteiger partial charge in [0.15, 0.2) is 5.60 Å². The van der Waals surface area contributed by atoms with Gasteiger partial charge in [-0.3, -0.25) is 4.79 Å². The molecule has 1 aromatic carbocycles. The van der Waals surface area contributed by atoms with Crippen molar-refractivity contribution in [2.24, 2.45) is 0 Å². The molecular formula is C25H28N2O4Si-. The molecule has 0 bridgehead atoms. The van der Waals surface area contributed by atoms with Gasteiger partial charge in [-0.05, 0) is 24.1 Å². The number of rotatable bonds is 4. The van der Waals surface area contributed by atoms with Crippen LogP contribution in [0.1, 0.15) is 35.6 Å². The fourth-order valence-electron chi connectivity index (χ4n) is 4.90. The molecule has 0 spiro atoms. The number of pyridine rings is 2. The van der Waals surface area contributed by atoms with E-state index in [1.165, 1.54) is 5.56 Å². The van der Waals surface area contributed by atoms with Gasteiger partial charge in [0.1, 0.15) is 6.61 Å². The maximum atomic E-state index is 13.4. The van der Waals surface area contributed by atoms with Crippen molar-refractivity contribution in [1.82, 2.24) is 9.55 Å². The van der Waals surface area contributed by atoms with Crippen LogP contribution in [0, 0.1) is 0 Å². The number of ether oxygens (including phenoxy) is 1. The first-order chi connectivity index (χ1) is 15.1. The molecule has 0 saturated heterocycles. The lowest BCUT2D eigenvalue weighted by Gasteiger charge is -2.31. The molecule has 7 heteroatoms. The van der Waals surface area contributed by atoms with Gasteiger partial charge in [-0.1, -0.05) is 31.5 Å². The summed E-state index contributed by atoms with van der Waals surface area (Å²) in [6.45, 7) is 9.17. The summed E-state index contributed by atoms with van der Waals surface area (Å²) in [4.78, 5) is 30.8. The Bertz CT molecular complexity index is 1340. The summed E-state index contributed by atoms with van der Waals surface area (Å²) in [6.07, 6.45) is 1.09. The predicted molar refractivity (Wildman–Crippen MR) is 126 cm³/mol. The van der Waals surface area contributed by atoms with E-state index in [2.05, 4.69) is 25.7 Å². The fraction of sp³-hybridized carbons (Fsp3) is 0.400. The maximum Gasteiger partial charge on any atom is 0.343 e. The number of para-hydroxylation sites is 1. The highest BCUT2D eigenvalue weighted by molar-refractivity contribution is 6.76. The van der Waals surface area contributed by atoms with E-state index in [-0.39, 0.29) is 18.6 Å². The summed E-state index contributed by atoms with van der Waals surface area (Å²) in [6, 6.07) is 11.1. The number of cyclic esters (lactones) is 1. The molecule has 2 aliphatic heterocycles. The number of hydrogen-bond acceptors (Lipinski definition) is 5. The van der Waals surface area contributed by atoms with Gasteiger partial charge in [-0.15, -0.1) is 0 Å². The number of aryl methyl sites for hydroxylation is 1. The lowest BCUT2D eigenvalue weighted by molar-refractivity contribution is -0.172. The summed E-state index contributed by atoms with van der Waals surface area (Å²) in [5.74, 6) is -0.697. The maximum absolute atomic E-state index is 13.4. The molecule has 0 aliphatic carbocycles. The van der Waals surface area contributed by atoms with Crippen LogP contribution in [0.15, 0.2) is 35.1 Å². The summed E-state index contributed by atoms with van der Waals surface area (Å²) in [7, 11) is -1.28. The second kappa shape index (κ2) is 7.12. The van der Waals surface area contributed by atoms with Crippen molar-refractivity contribution in [3.63, 3.8) is 0 Å². The Hall–Kier alpha value is -2.77. The van der Waals surface area contributed by atoms with Gasteiger partial charge in [0.25, 0.3) is 5.56 Å². The van der Waals surface area contributed by atoms with Crippen molar-refractivity contribution in [3.05, 3.63) is 62.9 Å². The van der Waals surface area contributed by atoms with Crippen LogP contribution in [0.5, 0.6) is 0 Å². The quantitative estimate of drug-likeness (QED) is 0.378. The lowest BCUT2D eigenvalue weighted by Crippen LogP contribution is -2.44. The zero-order valence-corrected chi connectivity index (χ0v) is 20.0. The van der Waals surface area contributed by atoms with Crippen LogP contribution in [0.25, 0.3) is 22.3 Å². The monoisotopic (exact) mass is 448 g/mol. The van der Waals surface area contributed by atoms with Crippen molar-refractivity contribution >= 4 is 24.9 Å². The Balaban J connectivity index is 1.76. The van der Waals surface area contributed by atoms with Gasteiger partial charge in [-0.2, -0.15) is 33.8 Å². The highest BCUT2D eigenvalue weighted by Crippen LogP contribution is 2.40. The summed E-state index contributed by atoms with van der Waals surface area (Å²) >= 11 is 0. The van der Waals surface area contributed by atoms with Gasteiger partial charge in [0.05, 0.1) is 29.0 Å². The Kier molecular flexibility index (Phi) is 4.69. The number of benzene rings is 1. The average Bonchev–Trinajstić information content (AvgIpc) is 3.12. The minimum absolute atomic E-state index is 0.107. The highest BCUT2D eigenvalue weighted by Gasteiger charge is 2.45. The van der Waals surface area contributed by atoms with Gasteiger partial charge >= 0.3 is 5.97 Å². The molecular weight excluding hydrogens is 420 g/mol. The first-order valence-corrected chi connectivity index (χ1v) is 14.9. The molecule has 1 atom stereocenters. The van der Waals surface area contributed by atoms with E-state index in [4.69, 9.17) is 9.72 Å². The van der Waals surface area contributed by atoms with Crippen LogP contribution in [0.2, 0.25) is 25.7 Å². The van der Waals surface area contributed by atoms with Gasteiger partial charge in [-0.25, -0.2) is 9.78 Å². The predicted octanol–water partition coefficient (Wildman–Crippen LogP) is 3.96. The van der Waals surface area contributed by atoms with Crippen molar-refractivity contribution < 1.29 is 14.6 Å². The molecule has 2 aliphatic rings. The van der Waals surface area contributed by atoms with Crippen LogP contribution in [0.3, 0.4) is 0 Å². The van der Waals surface area contributed by atoms with Gasteiger partial charge in [0, 0.05) is 16.5 Å². The summed E-state index contributed by atoms with van der Waals surface area (Å²) in [5, 5.41) is 12.2. The number of hydrogen-bond donors (Lipinski definition) is 1. The van der Waals surface area contributed by atoms with Crippen molar-refractivity contribution in [3.8, 4) is 11.4 Å². The molecule has 5 rings (SSSR count). The SMILES string of the molecule is CC[C@@]1(O)C(=O)OCc2c1cc1n(c2=O)Cc2c-1nc1ccccc1c2CC[Si-](C)(C)C. The first kappa shape index (κ1) is 21.1. The zero-order chi connectivity index (χ0) is 22.8. The Morgan fingerprint density at radius 3 is 2.66 bits per heavy atom. The van der Waals surface area contributed by atoms with E-state index in [0.717, 1.165) is 34.6 Å². The van der Waals surface area contributed by atoms with E-state index >= 15 is 0 Å². The van der Waals surface area contributed by atoms with Crippen LogP contribution in [-0.4, -0.2) is 28.7 Å². The fourth-order valence-corrected chi connectivity index (χ4v) is 5.90. The highest BCUT2D eigenvalue weighted by atomic mass is 28.3. The summed E-state index contributed by atoms with van der Waals surface area (Å²) in [5.41, 5.74) is 3.40. The zero-order valence-electron chi connectivity index (χ0n) is 19.0. The second-order valence-electron chi connectivity index (χ2n) is 10.1. The molecule has 167 valence electrons. The Morgan fingerprint density at radius 2 is 1.94 bits per heavy atom. The van der Waals surface area contributed by atoms with Crippen molar-refractivity contribution in [2.75, 3.05) is 0 Å². The smallest absolute Gasteiger partial charge is 0.343 e. The van der Waals surface area contributed by atoms with E-state index in [0.29, 0.717) is 23.4 Å². The minimum atomic E-state index is -1.80. The number of aliphatic hydroxyl groups is 1. The molecule has 0 amide bonds. The lowest BCUT2D eigenvalue weighted by atomic mass is 9.86. The third kappa shape index (κ3) is 3.06. The topological polar surface area (TPSA) is 81.4 Å². The van der Waals surface area contributed by atoms with Gasteiger partial charge < -0.3 is 14.4 Å². The number of carbonyl (C=O) groups excluding carboxylic acids is 1. The van der Waals surface area contributed by atoms with Crippen LogP contribution in [-0.2, 0) is 34.7 Å². The molecule has 1 N–H and O–H groups in total. The Labute approximate surface area is 187 Å². The van der Waals surface area contributed by atoms with E-state index in [1.807, 2.05) is 18.2 Å². The molecule has 4 heterocycles. The molecule has 2 aromatic heterocycles. The van der Waals surface area contributed by atoms with Crippen LogP contribution < -0.4 is 5.56 Å². The summed E-state index contributed by atoms with van der Waals surface area (Å²) < 4.78 is 6.90. The van der Waals surface area contributed by atoms with E-state index in [9.17, 15) is 14.7 Å². The Morgan fingerprint density at radius 1 is 1.19 bits per heavy atom. The van der Waals surface area contributed by atoms with E-state index in [1.54, 1.807) is 17.6 Å². The van der Waals surface area contributed by atoms with E-state index < -0.39 is 19.6 Å². The van der Waals surface area contributed by atoms with Crippen molar-refractivity contribution in [2.45, 2.75) is 64.2 Å².